The maximum absolute atomic E-state index is 13.4. The molecule has 1 saturated carbocycles. The Morgan fingerprint density at radius 2 is 2.07 bits per heavy atom. The number of hydrogen-bond acceptors (Lipinski definition) is 6. The van der Waals surface area contributed by atoms with Gasteiger partial charge < -0.3 is 10.3 Å². The zero-order valence-electron chi connectivity index (χ0n) is 15.7. The molecule has 1 fully saturated rings. The quantitative estimate of drug-likeness (QED) is 0.573. The normalized spacial score (nSPS) is 14.2. The van der Waals surface area contributed by atoms with Crippen LogP contribution in [0.5, 0.6) is 0 Å². The predicted molar refractivity (Wildman–Crippen MR) is 107 cm³/mol. The van der Waals surface area contributed by atoms with Gasteiger partial charge in [-0.25, -0.2) is 19.9 Å². The Bertz CT molecular complexity index is 1250. The Hall–Kier alpha value is -3.29. The Balaban J connectivity index is 1.69. The van der Waals surface area contributed by atoms with Crippen LogP contribution in [0.3, 0.4) is 0 Å². The van der Waals surface area contributed by atoms with Crippen LogP contribution in [0.25, 0.3) is 22.1 Å². The summed E-state index contributed by atoms with van der Waals surface area (Å²) in [5, 5.41) is 0.733. The van der Waals surface area contributed by atoms with Gasteiger partial charge in [-0.05, 0) is 36.8 Å². The molecule has 0 atom stereocenters. The summed E-state index contributed by atoms with van der Waals surface area (Å²) in [6.45, 7) is 3.18. The summed E-state index contributed by atoms with van der Waals surface area (Å²) < 4.78 is 3.71. The molecule has 5 rings (SSSR count). The molecular weight excluding hydrogens is 354 g/mol. The smallest absolute Gasteiger partial charge is 0.261 e. The van der Waals surface area contributed by atoms with Crippen molar-refractivity contribution in [3.05, 3.63) is 52.6 Å². The number of benzene rings is 1. The fourth-order valence-corrected chi connectivity index (χ4v) is 3.71. The van der Waals surface area contributed by atoms with Gasteiger partial charge in [0.1, 0.15) is 17.7 Å². The van der Waals surface area contributed by atoms with E-state index in [9.17, 15) is 4.79 Å². The van der Waals surface area contributed by atoms with Crippen molar-refractivity contribution in [2.24, 2.45) is 5.92 Å². The molecule has 0 spiro atoms. The van der Waals surface area contributed by atoms with Gasteiger partial charge in [0.25, 0.3) is 5.56 Å². The van der Waals surface area contributed by atoms with E-state index in [1.54, 1.807) is 6.33 Å². The number of anilines is 1. The van der Waals surface area contributed by atoms with Crippen LogP contribution in [-0.2, 0) is 19.5 Å². The lowest BCUT2D eigenvalue weighted by molar-refractivity contribution is 0.554. The summed E-state index contributed by atoms with van der Waals surface area (Å²) in [5.74, 6) is 1.62. The molecule has 2 N–H and O–H groups in total. The first-order valence-corrected chi connectivity index (χ1v) is 9.58. The number of rotatable bonds is 5. The topological polar surface area (TPSA) is 105 Å². The number of nitrogens with zero attached hydrogens (tertiary/aromatic N) is 6. The van der Waals surface area contributed by atoms with Crippen molar-refractivity contribution in [1.29, 1.82) is 0 Å². The van der Waals surface area contributed by atoms with E-state index in [1.165, 1.54) is 6.33 Å². The van der Waals surface area contributed by atoms with Gasteiger partial charge in [0, 0.05) is 6.54 Å². The maximum atomic E-state index is 13.4. The van der Waals surface area contributed by atoms with Crippen LogP contribution in [0.15, 0.2) is 35.6 Å². The fraction of sp³-hybridized carbons (Fsp3) is 0.350. The molecule has 1 aromatic carbocycles. The minimum absolute atomic E-state index is 0.0444. The summed E-state index contributed by atoms with van der Waals surface area (Å²) in [5.41, 5.74) is 8.93. The van der Waals surface area contributed by atoms with E-state index in [-0.39, 0.29) is 5.56 Å². The second-order valence-electron chi connectivity index (χ2n) is 7.36. The average molecular weight is 375 g/mol. The predicted octanol–water partition coefficient (Wildman–Crippen LogP) is 2.14. The number of nitrogen functional groups attached to an aromatic ring is 1. The van der Waals surface area contributed by atoms with Gasteiger partial charge in [0.05, 0.1) is 23.8 Å². The summed E-state index contributed by atoms with van der Waals surface area (Å²) in [4.78, 5) is 30.9. The first-order chi connectivity index (χ1) is 13.7. The average Bonchev–Trinajstić information content (AvgIpc) is 3.43. The number of imidazole rings is 1. The lowest BCUT2D eigenvalue weighted by atomic mass is 10.1. The zero-order valence-corrected chi connectivity index (χ0v) is 15.7. The maximum Gasteiger partial charge on any atom is 0.261 e. The third kappa shape index (κ3) is 2.72. The van der Waals surface area contributed by atoms with Crippen molar-refractivity contribution in [2.45, 2.75) is 39.3 Å². The van der Waals surface area contributed by atoms with Gasteiger partial charge in [-0.1, -0.05) is 19.1 Å². The highest BCUT2D eigenvalue weighted by atomic mass is 16.1. The molecule has 8 heteroatoms. The Morgan fingerprint density at radius 3 is 2.86 bits per heavy atom. The molecule has 0 amide bonds. The van der Waals surface area contributed by atoms with Crippen molar-refractivity contribution in [3.8, 4) is 0 Å². The number of aromatic nitrogens is 6. The van der Waals surface area contributed by atoms with Crippen molar-refractivity contribution in [3.63, 3.8) is 0 Å². The lowest BCUT2D eigenvalue weighted by Gasteiger charge is -2.15. The standard InChI is InChI=1S/C20H21N7O/c1-2-13-4-3-5-14-16(13)20(28)27(8-12-6-7-12)15(25-14)9-26-11-24-17-18(21)22-10-23-19(17)26/h3-5,10-12H,2,6-9H2,1H3,(H2,21,22,23). The molecule has 8 nitrogen and oxygen atoms in total. The van der Waals surface area contributed by atoms with E-state index >= 15 is 0 Å². The van der Waals surface area contributed by atoms with E-state index < -0.39 is 0 Å². The second-order valence-corrected chi connectivity index (χ2v) is 7.36. The van der Waals surface area contributed by atoms with E-state index in [0.29, 0.717) is 41.8 Å². The number of fused-ring (bicyclic) bond motifs is 2. The van der Waals surface area contributed by atoms with Crippen LogP contribution in [0.4, 0.5) is 5.82 Å². The third-order valence-electron chi connectivity index (χ3n) is 5.41. The first-order valence-electron chi connectivity index (χ1n) is 9.58. The SMILES string of the molecule is CCc1cccc2nc(Cn3cnc4c(N)ncnc43)n(CC3CC3)c(=O)c12. The summed E-state index contributed by atoms with van der Waals surface area (Å²) in [6, 6.07) is 5.88. The minimum Gasteiger partial charge on any atom is -0.382 e. The Kier molecular flexibility index (Phi) is 3.85. The van der Waals surface area contributed by atoms with Gasteiger partial charge >= 0.3 is 0 Å². The molecule has 0 saturated heterocycles. The van der Waals surface area contributed by atoms with E-state index in [1.807, 2.05) is 27.3 Å². The van der Waals surface area contributed by atoms with Crippen LogP contribution in [-0.4, -0.2) is 29.1 Å². The van der Waals surface area contributed by atoms with Crippen LogP contribution in [0.2, 0.25) is 0 Å². The summed E-state index contributed by atoms with van der Waals surface area (Å²) in [6.07, 6.45) is 6.23. The molecule has 142 valence electrons. The minimum atomic E-state index is 0.0444. The molecule has 4 aromatic rings. The van der Waals surface area contributed by atoms with Gasteiger partial charge in [-0.15, -0.1) is 0 Å². The number of hydrogen-bond donors (Lipinski definition) is 1. The molecule has 0 aliphatic heterocycles. The summed E-state index contributed by atoms with van der Waals surface area (Å²) in [7, 11) is 0. The van der Waals surface area contributed by atoms with Crippen molar-refractivity contribution in [2.75, 3.05) is 5.73 Å². The van der Waals surface area contributed by atoms with Crippen LogP contribution in [0, 0.1) is 5.92 Å². The number of aryl methyl sites for hydroxylation is 1. The zero-order chi connectivity index (χ0) is 19.3. The lowest BCUT2D eigenvalue weighted by Crippen LogP contribution is -2.28. The molecule has 0 bridgehead atoms. The highest BCUT2D eigenvalue weighted by Crippen LogP contribution is 2.31. The molecule has 0 unspecified atom stereocenters. The largest absolute Gasteiger partial charge is 0.382 e. The van der Waals surface area contributed by atoms with Crippen molar-refractivity contribution >= 4 is 27.9 Å². The third-order valence-corrected chi connectivity index (χ3v) is 5.41. The molecule has 1 aliphatic carbocycles. The van der Waals surface area contributed by atoms with Crippen molar-refractivity contribution < 1.29 is 0 Å². The monoisotopic (exact) mass is 375 g/mol. The molecule has 28 heavy (non-hydrogen) atoms. The van der Waals surface area contributed by atoms with Crippen LogP contribution >= 0.6 is 0 Å². The molecule has 3 aromatic heterocycles. The first kappa shape index (κ1) is 16.9. The highest BCUT2D eigenvalue weighted by molar-refractivity contribution is 5.82. The molecule has 3 heterocycles. The highest BCUT2D eigenvalue weighted by Gasteiger charge is 2.25. The summed E-state index contributed by atoms with van der Waals surface area (Å²) >= 11 is 0. The molecular formula is C20H21N7O. The van der Waals surface area contributed by atoms with Crippen LogP contribution in [0.1, 0.15) is 31.2 Å². The Labute approximate surface area is 161 Å². The molecule has 0 radical (unpaired) electrons. The van der Waals surface area contributed by atoms with Gasteiger partial charge in [-0.3, -0.25) is 9.36 Å². The van der Waals surface area contributed by atoms with E-state index in [4.69, 9.17) is 10.7 Å². The van der Waals surface area contributed by atoms with Crippen molar-refractivity contribution in [1.82, 2.24) is 29.1 Å². The van der Waals surface area contributed by atoms with Gasteiger partial charge in [-0.2, -0.15) is 0 Å². The number of nitrogens with two attached hydrogens (primary N) is 1. The van der Waals surface area contributed by atoms with E-state index in [0.717, 1.165) is 35.7 Å². The fourth-order valence-electron chi connectivity index (χ4n) is 3.71. The van der Waals surface area contributed by atoms with E-state index in [2.05, 4.69) is 21.9 Å². The van der Waals surface area contributed by atoms with Crippen LogP contribution < -0.4 is 11.3 Å². The molecule has 1 aliphatic rings. The van der Waals surface area contributed by atoms with Gasteiger partial charge in [0.2, 0.25) is 0 Å². The van der Waals surface area contributed by atoms with Gasteiger partial charge in [0.15, 0.2) is 11.5 Å². The Morgan fingerprint density at radius 1 is 1.21 bits per heavy atom. The second kappa shape index (κ2) is 6.40.